The number of ether oxygens (including phenoxy) is 1. The van der Waals surface area contributed by atoms with Crippen LogP contribution in [0.4, 0.5) is 10.5 Å². The summed E-state index contributed by atoms with van der Waals surface area (Å²) in [5.41, 5.74) is 6.67. The van der Waals surface area contributed by atoms with Gasteiger partial charge in [-0.1, -0.05) is 26.0 Å². The Kier molecular flexibility index (Phi) is 7.05. The van der Waals surface area contributed by atoms with Crippen LogP contribution in [0, 0.1) is 0 Å². The highest BCUT2D eigenvalue weighted by Crippen LogP contribution is 2.13. The zero-order valence-corrected chi connectivity index (χ0v) is 11.9. The highest BCUT2D eigenvalue weighted by atomic mass is 16.6. The van der Waals surface area contributed by atoms with Gasteiger partial charge in [0, 0.05) is 12.2 Å². The van der Waals surface area contributed by atoms with Crippen LogP contribution in [-0.2, 0) is 11.3 Å². The second kappa shape index (κ2) is 7.71. The van der Waals surface area contributed by atoms with Gasteiger partial charge in [-0.05, 0) is 38.5 Å². The van der Waals surface area contributed by atoms with E-state index in [1.54, 1.807) is 6.07 Å². The molecule has 102 valence electrons. The lowest BCUT2D eigenvalue weighted by molar-refractivity contribution is 0.0636. The number of nitrogens with two attached hydrogens (primary N) is 1. The molecule has 3 N–H and O–H groups in total. The van der Waals surface area contributed by atoms with Gasteiger partial charge in [0.2, 0.25) is 0 Å². The second-order valence-corrected chi connectivity index (χ2v) is 4.53. The van der Waals surface area contributed by atoms with Crippen molar-refractivity contribution in [2.45, 2.75) is 46.8 Å². The fraction of sp³-hybridized carbons (Fsp3) is 0.500. The summed E-state index contributed by atoms with van der Waals surface area (Å²) in [5.74, 6) is 0. The summed E-state index contributed by atoms with van der Waals surface area (Å²) >= 11 is 0. The van der Waals surface area contributed by atoms with E-state index in [-0.39, 0.29) is 0 Å². The number of anilines is 1. The predicted octanol–water partition coefficient (Wildman–Crippen LogP) is 3.52. The number of rotatable bonds is 2. The van der Waals surface area contributed by atoms with Crippen LogP contribution >= 0.6 is 0 Å². The van der Waals surface area contributed by atoms with Gasteiger partial charge in [0.15, 0.2) is 0 Å². The van der Waals surface area contributed by atoms with Gasteiger partial charge < -0.3 is 10.5 Å². The molecule has 0 saturated heterocycles. The molecule has 18 heavy (non-hydrogen) atoms. The van der Waals surface area contributed by atoms with Gasteiger partial charge in [-0.25, -0.2) is 4.79 Å². The summed E-state index contributed by atoms with van der Waals surface area (Å²) in [7, 11) is 0. The fourth-order valence-electron chi connectivity index (χ4n) is 1.20. The number of hydrogen-bond acceptors (Lipinski definition) is 3. The van der Waals surface area contributed by atoms with E-state index in [1.165, 1.54) is 0 Å². The smallest absolute Gasteiger partial charge is 0.412 e. The minimum atomic E-state index is -0.491. The Balaban J connectivity index is 0.00000137. The standard InChI is InChI=1S/C12H18N2O2.C2H6/c1-12(2,3)16-11(15)14-10-6-4-5-9(7-10)8-13;1-2/h4-7H,8,13H2,1-3H3,(H,14,15);1-2H3. The number of carbonyl (C=O) groups is 1. The summed E-state index contributed by atoms with van der Waals surface area (Å²) < 4.78 is 5.13. The second-order valence-electron chi connectivity index (χ2n) is 4.53. The SMILES string of the molecule is CC.CC(C)(C)OC(=O)Nc1cccc(CN)c1. The maximum atomic E-state index is 11.5. The van der Waals surface area contributed by atoms with E-state index in [2.05, 4.69) is 5.32 Å². The highest BCUT2D eigenvalue weighted by Gasteiger charge is 2.15. The van der Waals surface area contributed by atoms with Gasteiger partial charge in [0.25, 0.3) is 0 Å². The average molecular weight is 252 g/mol. The third-order valence-electron chi connectivity index (χ3n) is 1.81. The van der Waals surface area contributed by atoms with Crippen molar-refractivity contribution in [1.82, 2.24) is 0 Å². The van der Waals surface area contributed by atoms with Gasteiger partial charge in [0.05, 0.1) is 0 Å². The summed E-state index contributed by atoms with van der Waals surface area (Å²) in [6.45, 7) is 9.92. The van der Waals surface area contributed by atoms with Crippen molar-refractivity contribution in [2.24, 2.45) is 5.73 Å². The first-order valence-electron chi connectivity index (χ1n) is 6.20. The Morgan fingerprint density at radius 2 is 1.94 bits per heavy atom. The molecule has 0 atom stereocenters. The molecule has 4 nitrogen and oxygen atoms in total. The largest absolute Gasteiger partial charge is 0.444 e. The van der Waals surface area contributed by atoms with Crippen LogP contribution in [0.25, 0.3) is 0 Å². The molecule has 1 rings (SSSR count). The predicted molar refractivity (Wildman–Crippen MR) is 75.5 cm³/mol. The van der Waals surface area contributed by atoms with Crippen LogP contribution in [0.1, 0.15) is 40.2 Å². The van der Waals surface area contributed by atoms with Gasteiger partial charge >= 0.3 is 6.09 Å². The van der Waals surface area contributed by atoms with E-state index in [4.69, 9.17) is 10.5 Å². The van der Waals surface area contributed by atoms with Crippen molar-refractivity contribution in [1.29, 1.82) is 0 Å². The molecule has 1 aromatic rings. The Labute approximate surface area is 110 Å². The Morgan fingerprint density at radius 1 is 1.33 bits per heavy atom. The van der Waals surface area contributed by atoms with Crippen molar-refractivity contribution in [3.05, 3.63) is 29.8 Å². The molecule has 1 amide bonds. The van der Waals surface area contributed by atoms with Gasteiger partial charge in [0.1, 0.15) is 5.60 Å². The molecular formula is C14H24N2O2. The molecule has 0 aliphatic rings. The van der Waals surface area contributed by atoms with E-state index < -0.39 is 11.7 Å². The van der Waals surface area contributed by atoms with Crippen LogP contribution < -0.4 is 11.1 Å². The molecule has 0 saturated carbocycles. The number of amides is 1. The highest BCUT2D eigenvalue weighted by molar-refractivity contribution is 5.84. The lowest BCUT2D eigenvalue weighted by atomic mass is 10.2. The lowest BCUT2D eigenvalue weighted by Crippen LogP contribution is -2.27. The Bertz CT molecular complexity index is 370. The van der Waals surface area contributed by atoms with Crippen molar-refractivity contribution in [2.75, 3.05) is 5.32 Å². The number of nitrogens with one attached hydrogen (secondary N) is 1. The molecule has 0 radical (unpaired) electrons. The van der Waals surface area contributed by atoms with Gasteiger partial charge in [-0.15, -0.1) is 0 Å². The first kappa shape index (κ1) is 16.4. The zero-order valence-electron chi connectivity index (χ0n) is 11.9. The third kappa shape index (κ3) is 6.91. The lowest BCUT2D eigenvalue weighted by Gasteiger charge is -2.19. The first-order valence-corrected chi connectivity index (χ1v) is 6.20. The Morgan fingerprint density at radius 3 is 2.44 bits per heavy atom. The summed E-state index contributed by atoms with van der Waals surface area (Å²) in [5, 5.41) is 2.66. The Hall–Kier alpha value is -1.55. The molecule has 0 aliphatic heterocycles. The van der Waals surface area contributed by atoms with Crippen LogP contribution in [0.15, 0.2) is 24.3 Å². The summed E-state index contributed by atoms with van der Waals surface area (Å²) in [4.78, 5) is 11.5. The quantitative estimate of drug-likeness (QED) is 0.846. The molecule has 0 aromatic heterocycles. The maximum absolute atomic E-state index is 11.5. The third-order valence-corrected chi connectivity index (χ3v) is 1.81. The maximum Gasteiger partial charge on any atom is 0.412 e. The fourth-order valence-corrected chi connectivity index (χ4v) is 1.20. The van der Waals surface area contributed by atoms with E-state index in [1.807, 2.05) is 52.8 Å². The molecule has 0 aliphatic carbocycles. The normalized spacial score (nSPS) is 10.1. The molecule has 0 heterocycles. The number of carbonyl (C=O) groups excluding carboxylic acids is 1. The topological polar surface area (TPSA) is 64.3 Å². The molecule has 0 unspecified atom stereocenters. The molecule has 1 aromatic carbocycles. The van der Waals surface area contributed by atoms with Crippen molar-refractivity contribution in [3.63, 3.8) is 0 Å². The molecule has 4 heteroatoms. The van der Waals surface area contributed by atoms with Crippen molar-refractivity contribution >= 4 is 11.8 Å². The molecular weight excluding hydrogens is 228 g/mol. The van der Waals surface area contributed by atoms with Gasteiger partial charge in [-0.3, -0.25) is 5.32 Å². The molecule has 0 bridgehead atoms. The van der Waals surface area contributed by atoms with E-state index >= 15 is 0 Å². The van der Waals surface area contributed by atoms with Crippen molar-refractivity contribution < 1.29 is 9.53 Å². The minimum absolute atomic E-state index is 0.448. The minimum Gasteiger partial charge on any atom is -0.444 e. The van der Waals surface area contributed by atoms with E-state index in [0.29, 0.717) is 12.2 Å². The monoisotopic (exact) mass is 252 g/mol. The average Bonchev–Trinajstić information content (AvgIpc) is 2.29. The number of benzene rings is 1. The molecule has 0 spiro atoms. The van der Waals surface area contributed by atoms with Crippen LogP contribution in [0.3, 0.4) is 0 Å². The zero-order chi connectivity index (χ0) is 14.2. The number of hydrogen-bond donors (Lipinski definition) is 2. The molecule has 0 fully saturated rings. The first-order chi connectivity index (χ1) is 8.40. The van der Waals surface area contributed by atoms with E-state index in [0.717, 1.165) is 5.56 Å². The van der Waals surface area contributed by atoms with E-state index in [9.17, 15) is 4.79 Å². The summed E-state index contributed by atoms with van der Waals surface area (Å²) in [6, 6.07) is 7.36. The summed E-state index contributed by atoms with van der Waals surface area (Å²) in [6.07, 6.45) is -0.457. The van der Waals surface area contributed by atoms with Crippen LogP contribution in [0.2, 0.25) is 0 Å². The van der Waals surface area contributed by atoms with Crippen LogP contribution in [0.5, 0.6) is 0 Å². The van der Waals surface area contributed by atoms with Crippen LogP contribution in [-0.4, -0.2) is 11.7 Å². The van der Waals surface area contributed by atoms with Crippen molar-refractivity contribution in [3.8, 4) is 0 Å². The van der Waals surface area contributed by atoms with Gasteiger partial charge in [-0.2, -0.15) is 0 Å².